The number of carbonyl (C=O) groups excluding carboxylic acids is 3. The van der Waals surface area contributed by atoms with Crippen LogP contribution in [0.3, 0.4) is 0 Å². The first-order valence-corrected chi connectivity index (χ1v) is 9.01. The Morgan fingerprint density at radius 1 is 1.15 bits per heavy atom. The van der Waals surface area contributed by atoms with Gasteiger partial charge in [-0.25, -0.2) is 0 Å². The van der Waals surface area contributed by atoms with E-state index in [9.17, 15) is 19.5 Å². The van der Waals surface area contributed by atoms with Gasteiger partial charge in [-0.05, 0) is 44.2 Å². The van der Waals surface area contributed by atoms with Crippen molar-refractivity contribution in [2.45, 2.75) is 19.1 Å². The zero-order chi connectivity index (χ0) is 19.1. The number of carbonyl (C=O) groups is 3. The van der Waals surface area contributed by atoms with Gasteiger partial charge in [0.05, 0.1) is 16.7 Å². The monoisotopic (exact) mass is 372 g/mol. The first-order chi connectivity index (χ1) is 12.4. The molecule has 0 aliphatic heterocycles. The molecule has 0 aliphatic carbocycles. The summed E-state index contributed by atoms with van der Waals surface area (Å²) in [6, 6.07) is 11.6. The third-order valence-corrected chi connectivity index (χ3v) is 4.73. The number of hydrogen-bond acceptors (Lipinski definition) is 5. The number of anilines is 2. The molecule has 0 saturated heterocycles. The summed E-state index contributed by atoms with van der Waals surface area (Å²) in [5.74, 6) is -0.581. The fourth-order valence-corrected chi connectivity index (χ4v) is 2.76. The van der Waals surface area contributed by atoms with E-state index in [1.54, 1.807) is 6.92 Å². The summed E-state index contributed by atoms with van der Waals surface area (Å²) in [7, 11) is 0. The van der Waals surface area contributed by atoms with Crippen LogP contribution in [0.2, 0.25) is 0 Å². The van der Waals surface area contributed by atoms with E-state index in [4.69, 9.17) is 0 Å². The number of phenols is 1. The first kappa shape index (κ1) is 19.5. The van der Waals surface area contributed by atoms with Crippen LogP contribution >= 0.6 is 11.8 Å². The maximum absolute atomic E-state index is 12.2. The molecular formula is C19H20N2O4S. The molecule has 0 spiro atoms. The van der Waals surface area contributed by atoms with Gasteiger partial charge in [0, 0.05) is 11.3 Å². The predicted molar refractivity (Wildman–Crippen MR) is 104 cm³/mol. The predicted octanol–water partition coefficient (Wildman–Crippen LogP) is 3.21. The SMILES string of the molecule is Cc1ccc(NC(=O)CSC(C)C(=O)Nc2cc(C=O)ccc2O)cc1. The molecule has 1 unspecified atom stereocenters. The van der Waals surface area contributed by atoms with Gasteiger partial charge in [-0.2, -0.15) is 0 Å². The number of aryl methyl sites for hydroxylation is 1. The van der Waals surface area contributed by atoms with Gasteiger partial charge in [0.15, 0.2) is 0 Å². The number of hydrogen-bond donors (Lipinski definition) is 3. The summed E-state index contributed by atoms with van der Waals surface area (Å²) >= 11 is 1.17. The molecule has 6 nitrogen and oxygen atoms in total. The van der Waals surface area contributed by atoms with Crippen LogP contribution in [-0.4, -0.2) is 34.2 Å². The van der Waals surface area contributed by atoms with E-state index in [1.165, 1.54) is 30.0 Å². The maximum atomic E-state index is 12.2. The lowest BCUT2D eigenvalue weighted by Gasteiger charge is -2.13. The van der Waals surface area contributed by atoms with Crippen molar-refractivity contribution >= 4 is 41.2 Å². The Hall–Kier alpha value is -2.80. The number of amides is 2. The van der Waals surface area contributed by atoms with Crippen LogP contribution in [0.4, 0.5) is 11.4 Å². The quantitative estimate of drug-likeness (QED) is 0.512. The fraction of sp³-hybridized carbons (Fsp3) is 0.211. The molecule has 136 valence electrons. The van der Waals surface area contributed by atoms with Crippen molar-refractivity contribution < 1.29 is 19.5 Å². The van der Waals surface area contributed by atoms with Gasteiger partial charge in [0.1, 0.15) is 12.0 Å². The second-order valence-electron chi connectivity index (χ2n) is 5.75. The third kappa shape index (κ3) is 5.63. The number of phenolic OH excluding ortho intramolecular Hbond substituents is 1. The van der Waals surface area contributed by atoms with E-state index in [2.05, 4.69) is 10.6 Å². The average Bonchev–Trinajstić information content (AvgIpc) is 2.63. The van der Waals surface area contributed by atoms with Gasteiger partial charge >= 0.3 is 0 Å². The van der Waals surface area contributed by atoms with Crippen molar-refractivity contribution in [3.8, 4) is 5.75 Å². The smallest absolute Gasteiger partial charge is 0.237 e. The van der Waals surface area contributed by atoms with E-state index >= 15 is 0 Å². The lowest BCUT2D eigenvalue weighted by Crippen LogP contribution is -2.25. The highest BCUT2D eigenvalue weighted by molar-refractivity contribution is 8.01. The molecule has 0 fully saturated rings. The fourth-order valence-electron chi connectivity index (χ4n) is 2.07. The molecule has 2 aromatic rings. The summed E-state index contributed by atoms with van der Waals surface area (Å²) in [6.07, 6.45) is 0.628. The summed E-state index contributed by atoms with van der Waals surface area (Å²) < 4.78 is 0. The molecular weight excluding hydrogens is 352 g/mol. The Kier molecular flexibility index (Phi) is 6.80. The normalized spacial score (nSPS) is 11.5. The second-order valence-corrected chi connectivity index (χ2v) is 7.08. The number of nitrogens with one attached hydrogen (secondary N) is 2. The van der Waals surface area contributed by atoms with Crippen LogP contribution in [-0.2, 0) is 9.59 Å². The standard InChI is InChI=1S/C19H20N2O4S/c1-12-3-6-15(7-4-12)20-18(24)11-26-13(2)19(25)21-16-9-14(10-22)5-8-17(16)23/h3-10,13,23H,11H2,1-2H3,(H,20,24)(H,21,25). The van der Waals surface area contributed by atoms with Gasteiger partial charge in [-0.1, -0.05) is 17.7 Å². The average molecular weight is 372 g/mol. The van der Waals surface area contributed by atoms with Crippen LogP contribution in [0.1, 0.15) is 22.8 Å². The zero-order valence-electron chi connectivity index (χ0n) is 14.5. The Morgan fingerprint density at radius 3 is 2.50 bits per heavy atom. The summed E-state index contributed by atoms with van der Waals surface area (Å²) in [4.78, 5) is 35.0. The molecule has 0 bridgehead atoms. The summed E-state index contributed by atoms with van der Waals surface area (Å²) in [6.45, 7) is 3.63. The number of rotatable bonds is 7. The van der Waals surface area contributed by atoms with Crippen LogP contribution in [0.5, 0.6) is 5.75 Å². The minimum atomic E-state index is -0.516. The van der Waals surface area contributed by atoms with Crippen molar-refractivity contribution in [2.75, 3.05) is 16.4 Å². The van der Waals surface area contributed by atoms with Crippen LogP contribution in [0.25, 0.3) is 0 Å². The van der Waals surface area contributed by atoms with Gasteiger partial charge in [0.2, 0.25) is 11.8 Å². The molecule has 0 heterocycles. The Labute approximate surface area is 156 Å². The lowest BCUT2D eigenvalue weighted by molar-refractivity contribution is -0.115. The Morgan fingerprint density at radius 2 is 1.85 bits per heavy atom. The van der Waals surface area contributed by atoms with Crippen LogP contribution in [0, 0.1) is 6.92 Å². The molecule has 0 radical (unpaired) electrons. The largest absolute Gasteiger partial charge is 0.506 e. The Balaban J connectivity index is 1.86. The van der Waals surface area contributed by atoms with E-state index < -0.39 is 5.25 Å². The highest BCUT2D eigenvalue weighted by Gasteiger charge is 2.17. The van der Waals surface area contributed by atoms with Gasteiger partial charge < -0.3 is 15.7 Å². The lowest BCUT2D eigenvalue weighted by atomic mass is 10.2. The van der Waals surface area contributed by atoms with E-state index in [0.29, 0.717) is 17.5 Å². The van der Waals surface area contributed by atoms with Crippen molar-refractivity contribution in [3.63, 3.8) is 0 Å². The van der Waals surface area contributed by atoms with E-state index in [0.717, 1.165) is 5.56 Å². The van der Waals surface area contributed by atoms with Gasteiger partial charge in [0.25, 0.3) is 0 Å². The van der Waals surface area contributed by atoms with Gasteiger partial charge in [-0.15, -0.1) is 11.8 Å². The molecule has 26 heavy (non-hydrogen) atoms. The number of benzene rings is 2. The minimum Gasteiger partial charge on any atom is -0.506 e. The molecule has 3 N–H and O–H groups in total. The maximum Gasteiger partial charge on any atom is 0.237 e. The third-order valence-electron chi connectivity index (χ3n) is 3.58. The summed E-state index contributed by atoms with van der Waals surface area (Å²) in [5.41, 5.74) is 2.31. The molecule has 2 rings (SSSR count). The molecule has 2 aromatic carbocycles. The van der Waals surface area contributed by atoms with Crippen molar-refractivity contribution in [1.29, 1.82) is 0 Å². The van der Waals surface area contributed by atoms with Crippen molar-refractivity contribution in [1.82, 2.24) is 0 Å². The van der Waals surface area contributed by atoms with Gasteiger partial charge in [-0.3, -0.25) is 14.4 Å². The molecule has 0 aromatic heterocycles. The molecule has 7 heteroatoms. The minimum absolute atomic E-state index is 0.114. The molecule has 1 atom stereocenters. The first-order valence-electron chi connectivity index (χ1n) is 7.96. The highest BCUT2D eigenvalue weighted by Crippen LogP contribution is 2.25. The second kappa shape index (κ2) is 9.05. The van der Waals surface area contributed by atoms with E-state index in [-0.39, 0.29) is 29.0 Å². The van der Waals surface area contributed by atoms with Crippen molar-refractivity contribution in [2.24, 2.45) is 0 Å². The Bertz CT molecular complexity index is 806. The van der Waals surface area contributed by atoms with Crippen LogP contribution in [0.15, 0.2) is 42.5 Å². The summed E-state index contributed by atoms with van der Waals surface area (Å²) in [5, 5.41) is 14.6. The zero-order valence-corrected chi connectivity index (χ0v) is 15.3. The number of aldehydes is 1. The molecule has 2 amide bonds. The van der Waals surface area contributed by atoms with Crippen molar-refractivity contribution in [3.05, 3.63) is 53.6 Å². The highest BCUT2D eigenvalue weighted by atomic mass is 32.2. The molecule has 0 aliphatic rings. The molecule has 0 saturated carbocycles. The number of aromatic hydroxyl groups is 1. The van der Waals surface area contributed by atoms with E-state index in [1.807, 2.05) is 31.2 Å². The number of thioether (sulfide) groups is 1. The topological polar surface area (TPSA) is 95.5 Å². The van der Waals surface area contributed by atoms with Crippen LogP contribution < -0.4 is 10.6 Å².